The molecule has 0 bridgehead atoms. The van der Waals surface area contributed by atoms with Crippen LogP contribution < -0.4 is 5.32 Å². The summed E-state index contributed by atoms with van der Waals surface area (Å²) < 4.78 is 38.6. The van der Waals surface area contributed by atoms with Gasteiger partial charge in [-0.1, -0.05) is 23.7 Å². The summed E-state index contributed by atoms with van der Waals surface area (Å²) in [5, 5.41) is 11.5. The molecule has 1 N–H and O–H groups in total. The molecule has 0 spiro atoms. The Morgan fingerprint density at radius 2 is 1.75 bits per heavy atom. The first-order chi connectivity index (χ1) is 9.41. The van der Waals surface area contributed by atoms with Crippen LogP contribution in [0.4, 0.5) is 24.5 Å². The van der Waals surface area contributed by atoms with Gasteiger partial charge in [0, 0.05) is 0 Å². The molecule has 0 fully saturated rings. The summed E-state index contributed by atoms with van der Waals surface area (Å²) >= 11 is 5.93. The summed E-state index contributed by atoms with van der Waals surface area (Å²) in [6, 6.07) is 11.3. The quantitative estimate of drug-likeness (QED) is 0.849. The van der Waals surface area contributed by atoms with E-state index in [0.717, 1.165) is 6.07 Å². The van der Waals surface area contributed by atoms with Gasteiger partial charge in [0.25, 0.3) is 0 Å². The average molecular weight is 297 g/mol. The van der Waals surface area contributed by atoms with Gasteiger partial charge in [-0.3, -0.25) is 0 Å². The molecular weight excluding hydrogens is 289 g/mol. The number of hydrogen-bond acceptors (Lipinski definition) is 2. The third kappa shape index (κ3) is 3.03. The van der Waals surface area contributed by atoms with Crippen LogP contribution in [0.1, 0.15) is 11.1 Å². The van der Waals surface area contributed by atoms with Crippen molar-refractivity contribution in [2.24, 2.45) is 0 Å². The van der Waals surface area contributed by atoms with Crippen molar-refractivity contribution in [3.63, 3.8) is 0 Å². The third-order valence-electron chi connectivity index (χ3n) is 2.60. The lowest BCUT2D eigenvalue weighted by Gasteiger charge is -2.15. The number of halogens is 4. The third-order valence-corrected chi connectivity index (χ3v) is 2.91. The first kappa shape index (κ1) is 14.2. The van der Waals surface area contributed by atoms with E-state index in [1.165, 1.54) is 36.4 Å². The number of nitriles is 1. The molecule has 0 aliphatic rings. The molecule has 0 aliphatic heterocycles. The average Bonchev–Trinajstić information content (AvgIpc) is 2.40. The van der Waals surface area contributed by atoms with Gasteiger partial charge in [-0.25, -0.2) is 0 Å². The van der Waals surface area contributed by atoms with Crippen molar-refractivity contribution in [2.75, 3.05) is 5.32 Å². The lowest BCUT2D eigenvalue weighted by molar-refractivity contribution is -0.136. The number of hydrogen-bond donors (Lipinski definition) is 1. The van der Waals surface area contributed by atoms with Gasteiger partial charge in [0.1, 0.15) is 0 Å². The number of nitrogens with zero attached hydrogens (tertiary/aromatic N) is 1. The second-order valence-electron chi connectivity index (χ2n) is 3.97. The second kappa shape index (κ2) is 5.43. The zero-order valence-electron chi connectivity index (χ0n) is 10.0. The summed E-state index contributed by atoms with van der Waals surface area (Å²) in [4.78, 5) is 0. The number of alkyl halides is 3. The summed E-state index contributed by atoms with van der Waals surface area (Å²) in [5.74, 6) is 0. The molecule has 0 aromatic heterocycles. The lowest BCUT2D eigenvalue weighted by Crippen LogP contribution is -2.08. The van der Waals surface area contributed by atoms with Crippen LogP contribution in [0.2, 0.25) is 5.02 Å². The lowest BCUT2D eigenvalue weighted by atomic mass is 10.1. The van der Waals surface area contributed by atoms with Gasteiger partial charge >= 0.3 is 6.18 Å². The number of rotatable bonds is 2. The highest BCUT2D eigenvalue weighted by Crippen LogP contribution is 2.37. The molecule has 0 unspecified atom stereocenters. The number of para-hydroxylation sites is 1. The van der Waals surface area contributed by atoms with E-state index in [1.54, 1.807) is 0 Å². The topological polar surface area (TPSA) is 35.8 Å². The minimum Gasteiger partial charge on any atom is -0.354 e. The normalized spacial score (nSPS) is 10.9. The van der Waals surface area contributed by atoms with Crippen LogP contribution in [0, 0.1) is 11.3 Å². The predicted octanol–water partition coefficient (Wildman–Crippen LogP) is 4.97. The second-order valence-corrected chi connectivity index (χ2v) is 4.38. The highest BCUT2D eigenvalue weighted by Gasteiger charge is 2.33. The zero-order valence-corrected chi connectivity index (χ0v) is 10.8. The van der Waals surface area contributed by atoms with Crippen LogP contribution in [0.25, 0.3) is 0 Å². The molecule has 0 radical (unpaired) electrons. The maximum absolute atomic E-state index is 12.9. The smallest absolute Gasteiger partial charge is 0.354 e. The summed E-state index contributed by atoms with van der Waals surface area (Å²) in [6.07, 6.45) is -4.46. The maximum Gasteiger partial charge on any atom is 0.418 e. The molecule has 102 valence electrons. The Hall–Kier alpha value is -2.19. The standard InChI is InChI=1S/C14H8ClF3N2/c15-11-7-9(8-19)5-6-13(11)20-12-4-2-1-3-10(12)14(16,17)18/h1-7,20H. The molecule has 2 nitrogen and oxygen atoms in total. The molecule has 0 atom stereocenters. The van der Waals surface area contributed by atoms with Crippen molar-refractivity contribution in [2.45, 2.75) is 6.18 Å². The summed E-state index contributed by atoms with van der Waals surface area (Å²) in [7, 11) is 0. The minimum atomic E-state index is -4.46. The van der Waals surface area contributed by atoms with Crippen LogP contribution in [0.3, 0.4) is 0 Å². The Kier molecular flexibility index (Phi) is 3.86. The van der Waals surface area contributed by atoms with Crippen molar-refractivity contribution in [1.82, 2.24) is 0 Å². The van der Waals surface area contributed by atoms with Crippen molar-refractivity contribution < 1.29 is 13.2 Å². The van der Waals surface area contributed by atoms with Crippen molar-refractivity contribution in [3.8, 4) is 6.07 Å². The molecule has 2 aromatic carbocycles. The van der Waals surface area contributed by atoms with Gasteiger partial charge in [-0.05, 0) is 30.3 Å². The van der Waals surface area contributed by atoms with E-state index in [2.05, 4.69) is 5.32 Å². The Balaban J connectivity index is 2.39. The number of anilines is 2. The first-order valence-electron chi connectivity index (χ1n) is 5.54. The van der Waals surface area contributed by atoms with Crippen molar-refractivity contribution in [1.29, 1.82) is 5.26 Å². The van der Waals surface area contributed by atoms with E-state index in [-0.39, 0.29) is 10.7 Å². The van der Waals surface area contributed by atoms with Crippen molar-refractivity contribution in [3.05, 3.63) is 58.6 Å². The largest absolute Gasteiger partial charge is 0.418 e. The fourth-order valence-corrected chi connectivity index (χ4v) is 1.90. The van der Waals surface area contributed by atoms with Gasteiger partial charge in [-0.15, -0.1) is 0 Å². The summed E-state index contributed by atoms with van der Waals surface area (Å²) in [6.45, 7) is 0. The molecule has 6 heteroatoms. The van der Waals surface area contributed by atoms with E-state index in [0.29, 0.717) is 11.3 Å². The van der Waals surface area contributed by atoms with Crippen LogP contribution in [0.5, 0.6) is 0 Å². The zero-order chi connectivity index (χ0) is 14.8. The van der Waals surface area contributed by atoms with Gasteiger partial charge in [0.05, 0.1) is 33.6 Å². The highest BCUT2D eigenvalue weighted by atomic mass is 35.5. The fourth-order valence-electron chi connectivity index (χ4n) is 1.67. The monoisotopic (exact) mass is 296 g/mol. The van der Waals surface area contributed by atoms with Crippen LogP contribution in [0.15, 0.2) is 42.5 Å². The van der Waals surface area contributed by atoms with Gasteiger partial charge < -0.3 is 5.32 Å². The van der Waals surface area contributed by atoms with Crippen LogP contribution in [-0.4, -0.2) is 0 Å². The molecule has 0 saturated heterocycles. The molecule has 2 rings (SSSR count). The molecule has 2 aromatic rings. The SMILES string of the molecule is N#Cc1ccc(Nc2ccccc2C(F)(F)F)c(Cl)c1. The van der Waals surface area contributed by atoms with Crippen LogP contribution >= 0.6 is 11.6 Å². The Labute approximate surface area is 118 Å². The fraction of sp³-hybridized carbons (Fsp3) is 0.0714. The Morgan fingerprint density at radius 3 is 2.35 bits per heavy atom. The first-order valence-corrected chi connectivity index (χ1v) is 5.92. The summed E-state index contributed by atoms with van der Waals surface area (Å²) in [5.41, 5.74) is -0.223. The van der Waals surface area contributed by atoms with E-state index >= 15 is 0 Å². The van der Waals surface area contributed by atoms with E-state index < -0.39 is 11.7 Å². The number of nitrogens with one attached hydrogen (secondary N) is 1. The molecular formula is C14H8ClF3N2. The molecule has 0 heterocycles. The Morgan fingerprint density at radius 1 is 1.05 bits per heavy atom. The number of benzene rings is 2. The minimum absolute atomic E-state index is 0.0911. The molecule has 20 heavy (non-hydrogen) atoms. The molecule has 0 saturated carbocycles. The van der Waals surface area contributed by atoms with E-state index in [9.17, 15) is 13.2 Å². The van der Waals surface area contributed by atoms with Gasteiger partial charge in [0.2, 0.25) is 0 Å². The van der Waals surface area contributed by atoms with Gasteiger partial charge in [-0.2, -0.15) is 18.4 Å². The van der Waals surface area contributed by atoms with E-state index in [4.69, 9.17) is 16.9 Å². The van der Waals surface area contributed by atoms with E-state index in [1.807, 2.05) is 6.07 Å². The molecule has 0 amide bonds. The maximum atomic E-state index is 12.9. The van der Waals surface area contributed by atoms with Crippen LogP contribution in [-0.2, 0) is 6.18 Å². The molecule has 0 aliphatic carbocycles. The van der Waals surface area contributed by atoms with Crippen molar-refractivity contribution >= 4 is 23.0 Å². The Bertz CT molecular complexity index is 675. The predicted molar refractivity (Wildman–Crippen MR) is 70.9 cm³/mol. The highest BCUT2D eigenvalue weighted by molar-refractivity contribution is 6.33. The van der Waals surface area contributed by atoms with Gasteiger partial charge in [0.15, 0.2) is 0 Å².